The third-order valence-electron chi connectivity index (χ3n) is 2.35. The highest BCUT2D eigenvalue weighted by atomic mass is 16.5. The van der Waals surface area contributed by atoms with Crippen LogP contribution in [0.2, 0.25) is 0 Å². The van der Waals surface area contributed by atoms with Gasteiger partial charge in [0.2, 0.25) is 5.89 Å². The Balaban J connectivity index is 2.13. The van der Waals surface area contributed by atoms with E-state index in [2.05, 4.69) is 10.2 Å². The van der Waals surface area contributed by atoms with E-state index in [4.69, 9.17) is 14.3 Å². The van der Waals surface area contributed by atoms with Crippen molar-refractivity contribution in [3.8, 4) is 5.75 Å². The zero-order valence-electron chi connectivity index (χ0n) is 10.0. The summed E-state index contributed by atoms with van der Waals surface area (Å²) < 4.78 is 10.6. The molecule has 1 aromatic carbocycles. The van der Waals surface area contributed by atoms with Gasteiger partial charge in [0, 0.05) is 6.92 Å². The molecule has 6 heteroatoms. The van der Waals surface area contributed by atoms with Crippen LogP contribution < -0.4 is 4.74 Å². The topological polar surface area (TPSA) is 85.5 Å². The van der Waals surface area contributed by atoms with Crippen molar-refractivity contribution >= 4 is 5.97 Å². The molecular weight excluding hydrogens is 236 g/mol. The lowest BCUT2D eigenvalue weighted by atomic mass is 10.1. The maximum atomic E-state index is 10.8. The van der Waals surface area contributed by atoms with Crippen LogP contribution >= 0.6 is 0 Å². The molecule has 94 valence electrons. The van der Waals surface area contributed by atoms with Crippen molar-refractivity contribution in [2.24, 2.45) is 0 Å². The average molecular weight is 248 g/mol. The van der Waals surface area contributed by atoms with Crippen molar-refractivity contribution in [1.29, 1.82) is 0 Å². The highest BCUT2D eigenvalue weighted by Gasteiger charge is 2.09. The standard InChI is InChI=1S/C12H12N2O4/c1-7-3-4-9(12(15)16)5-10(7)17-6-11-14-13-8(2)18-11/h3-5H,6H2,1-2H3,(H,15,16). The predicted octanol–water partition coefficient (Wildman–Crippen LogP) is 1.96. The quantitative estimate of drug-likeness (QED) is 0.890. The molecule has 0 fully saturated rings. The van der Waals surface area contributed by atoms with E-state index in [1.54, 1.807) is 13.0 Å². The van der Waals surface area contributed by atoms with Crippen LogP contribution in [0.4, 0.5) is 0 Å². The molecule has 0 saturated carbocycles. The van der Waals surface area contributed by atoms with Gasteiger partial charge in [0.25, 0.3) is 5.89 Å². The minimum Gasteiger partial charge on any atom is -0.484 e. The first-order valence-electron chi connectivity index (χ1n) is 5.32. The number of rotatable bonds is 4. The largest absolute Gasteiger partial charge is 0.484 e. The van der Waals surface area contributed by atoms with Gasteiger partial charge < -0.3 is 14.3 Å². The number of benzene rings is 1. The van der Waals surface area contributed by atoms with Crippen LogP contribution in [0.1, 0.15) is 27.7 Å². The number of aromatic carboxylic acids is 1. The van der Waals surface area contributed by atoms with Gasteiger partial charge in [-0.05, 0) is 24.6 Å². The van der Waals surface area contributed by atoms with Gasteiger partial charge in [-0.2, -0.15) is 0 Å². The van der Waals surface area contributed by atoms with Gasteiger partial charge in [-0.15, -0.1) is 10.2 Å². The van der Waals surface area contributed by atoms with E-state index in [1.165, 1.54) is 12.1 Å². The number of carboxylic acids is 1. The van der Waals surface area contributed by atoms with Gasteiger partial charge in [0.05, 0.1) is 5.56 Å². The van der Waals surface area contributed by atoms with Crippen LogP contribution in [-0.2, 0) is 6.61 Å². The Kier molecular flexibility index (Phi) is 3.27. The molecule has 0 atom stereocenters. The first-order chi connectivity index (χ1) is 8.56. The summed E-state index contributed by atoms with van der Waals surface area (Å²) >= 11 is 0. The summed E-state index contributed by atoms with van der Waals surface area (Å²) in [6, 6.07) is 4.69. The lowest BCUT2D eigenvalue weighted by Crippen LogP contribution is -2.01. The summed E-state index contributed by atoms with van der Waals surface area (Å²) in [7, 11) is 0. The minimum atomic E-state index is -0.992. The van der Waals surface area contributed by atoms with Crippen LogP contribution in [0, 0.1) is 13.8 Å². The van der Waals surface area contributed by atoms with Crippen molar-refractivity contribution in [2.75, 3.05) is 0 Å². The van der Waals surface area contributed by atoms with Crippen LogP contribution in [0.3, 0.4) is 0 Å². The zero-order valence-corrected chi connectivity index (χ0v) is 10.0. The van der Waals surface area contributed by atoms with E-state index in [-0.39, 0.29) is 12.2 Å². The molecule has 1 N–H and O–H groups in total. The maximum Gasteiger partial charge on any atom is 0.335 e. The molecule has 2 rings (SSSR count). The van der Waals surface area contributed by atoms with E-state index < -0.39 is 5.97 Å². The molecule has 0 aliphatic rings. The number of hydrogen-bond acceptors (Lipinski definition) is 5. The van der Waals surface area contributed by atoms with Gasteiger partial charge in [-0.1, -0.05) is 6.07 Å². The molecule has 0 radical (unpaired) electrons. The Morgan fingerprint density at radius 1 is 1.39 bits per heavy atom. The van der Waals surface area contributed by atoms with E-state index in [9.17, 15) is 4.79 Å². The Morgan fingerprint density at radius 2 is 2.17 bits per heavy atom. The minimum absolute atomic E-state index is 0.116. The van der Waals surface area contributed by atoms with Crippen LogP contribution in [0.5, 0.6) is 5.75 Å². The molecule has 1 aromatic heterocycles. The molecular formula is C12H12N2O4. The van der Waals surface area contributed by atoms with E-state index in [0.717, 1.165) is 5.56 Å². The summed E-state index contributed by atoms with van der Waals surface area (Å²) in [6.07, 6.45) is 0. The van der Waals surface area contributed by atoms with E-state index >= 15 is 0 Å². The van der Waals surface area contributed by atoms with Gasteiger partial charge in [-0.3, -0.25) is 0 Å². The summed E-state index contributed by atoms with van der Waals surface area (Å²) in [6.45, 7) is 3.64. The number of carboxylic acid groups (broad SMARTS) is 1. The first kappa shape index (κ1) is 12.1. The van der Waals surface area contributed by atoms with Crippen molar-refractivity contribution in [3.05, 3.63) is 41.1 Å². The summed E-state index contributed by atoms with van der Waals surface area (Å²) in [5.41, 5.74) is 1.02. The molecule has 0 saturated heterocycles. The van der Waals surface area contributed by atoms with Gasteiger partial charge in [0.15, 0.2) is 6.61 Å². The third-order valence-corrected chi connectivity index (χ3v) is 2.35. The number of carbonyl (C=O) groups is 1. The number of aryl methyl sites for hydroxylation is 2. The monoisotopic (exact) mass is 248 g/mol. The molecule has 6 nitrogen and oxygen atoms in total. The van der Waals surface area contributed by atoms with Crippen molar-refractivity contribution < 1.29 is 19.1 Å². The number of hydrogen-bond donors (Lipinski definition) is 1. The molecule has 0 unspecified atom stereocenters. The molecule has 18 heavy (non-hydrogen) atoms. The second-order valence-electron chi connectivity index (χ2n) is 3.79. The molecule has 0 spiro atoms. The van der Waals surface area contributed by atoms with E-state index in [0.29, 0.717) is 17.5 Å². The van der Waals surface area contributed by atoms with Crippen molar-refractivity contribution in [1.82, 2.24) is 10.2 Å². The van der Waals surface area contributed by atoms with Crippen LogP contribution in [-0.4, -0.2) is 21.3 Å². The fourth-order valence-electron chi connectivity index (χ4n) is 1.42. The molecule has 0 amide bonds. The summed E-state index contributed by atoms with van der Waals surface area (Å²) in [5.74, 6) is 0.316. The van der Waals surface area contributed by atoms with Crippen LogP contribution in [0.25, 0.3) is 0 Å². The zero-order chi connectivity index (χ0) is 13.1. The summed E-state index contributed by atoms with van der Waals surface area (Å²) in [4.78, 5) is 10.8. The fourth-order valence-corrected chi connectivity index (χ4v) is 1.42. The second kappa shape index (κ2) is 4.87. The average Bonchev–Trinajstić information content (AvgIpc) is 2.74. The van der Waals surface area contributed by atoms with Crippen molar-refractivity contribution in [3.63, 3.8) is 0 Å². The van der Waals surface area contributed by atoms with E-state index in [1.807, 2.05) is 6.92 Å². The SMILES string of the molecule is Cc1nnc(COc2cc(C(=O)O)ccc2C)o1. The number of aromatic nitrogens is 2. The second-order valence-corrected chi connectivity index (χ2v) is 3.79. The highest BCUT2D eigenvalue weighted by Crippen LogP contribution is 2.20. The highest BCUT2D eigenvalue weighted by molar-refractivity contribution is 5.88. The third kappa shape index (κ3) is 2.65. The lowest BCUT2D eigenvalue weighted by molar-refractivity contribution is 0.0696. The normalized spacial score (nSPS) is 10.3. The lowest BCUT2D eigenvalue weighted by Gasteiger charge is -2.07. The Morgan fingerprint density at radius 3 is 2.78 bits per heavy atom. The Bertz CT molecular complexity index is 577. The van der Waals surface area contributed by atoms with Gasteiger partial charge >= 0.3 is 5.97 Å². The van der Waals surface area contributed by atoms with Crippen molar-refractivity contribution in [2.45, 2.75) is 20.5 Å². The van der Waals surface area contributed by atoms with Crippen LogP contribution in [0.15, 0.2) is 22.6 Å². The Labute approximate surface area is 103 Å². The van der Waals surface area contributed by atoms with Gasteiger partial charge in [-0.25, -0.2) is 4.79 Å². The predicted molar refractivity (Wildman–Crippen MR) is 61.5 cm³/mol. The molecule has 1 heterocycles. The number of nitrogens with zero attached hydrogens (tertiary/aromatic N) is 2. The fraction of sp³-hybridized carbons (Fsp3) is 0.250. The molecule has 0 bridgehead atoms. The summed E-state index contributed by atoms with van der Waals surface area (Å²) in [5, 5.41) is 16.4. The molecule has 0 aliphatic heterocycles. The Hall–Kier alpha value is -2.37. The smallest absolute Gasteiger partial charge is 0.335 e. The first-order valence-corrected chi connectivity index (χ1v) is 5.32. The molecule has 2 aromatic rings. The maximum absolute atomic E-state index is 10.8. The number of ether oxygens (including phenoxy) is 1. The van der Waals surface area contributed by atoms with Gasteiger partial charge in [0.1, 0.15) is 5.75 Å². The molecule has 0 aliphatic carbocycles.